The molecule has 0 aliphatic carbocycles. The van der Waals surface area contributed by atoms with E-state index in [1.165, 1.54) is 0 Å². The first kappa shape index (κ1) is 27.6. The SMILES string of the molecule is COc1cccnc1-c1ccc(C(=O)N2C[C@@H]3C[C@H]2CN3C(=O)[C@@H](CC(=O)c2cc3ccccc3[nH]2)C(C)(C)C)nc1. The van der Waals surface area contributed by atoms with E-state index < -0.39 is 11.3 Å². The number of carbonyl (C=O) groups is 3. The van der Waals surface area contributed by atoms with Gasteiger partial charge in [0.05, 0.1) is 30.8 Å². The Hall–Kier alpha value is -4.53. The lowest BCUT2D eigenvalue weighted by Crippen LogP contribution is -2.53. The van der Waals surface area contributed by atoms with E-state index >= 15 is 0 Å². The topological polar surface area (TPSA) is 108 Å². The van der Waals surface area contributed by atoms with Crippen LogP contribution in [-0.4, -0.2) is 74.6 Å². The predicted molar refractivity (Wildman–Crippen MR) is 159 cm³/mol. The van der Waals surface area contributed by atoms with Crippen molar-refractivity contribution >= 4 is 28.5 Å². The monoisotopic (exact) mass is 565 g/mol. The fourth-order valence-electron chi connectivity index (χ4n) is 6.25. The molecule has 3 atom stereocenters. The van der Waals surface area contributed by atoms with Crippen LogP contribution in [0.15, 0.2) is 67.0 Å². The molecule has 0 unspecified atom stereocenters. The van der Waals surface area contributed by atoms with E-state index in [1.807, 2.05) is 73.0 Å². The number of hydrogen-bond acceptors (Lipinski definition) is 6. The number of rotatable bonds is 7. The number of fused-ring (bicyclic) bond motifs is 3. The third-order valence-corrected chi connectivity index (χ3v) is 8.59. The van der Waals surface area contributed by atoms with Crippen molar-refractivity contribution in [2.24, 2.45) is 11.3 Å². The number of Topliss-reactive ketones (excluding diaryl/α,β-unsaturated/α-hetero) is 1. The van der Waals surface area contributed by atoms with Crippen LogP contribution in [0.5, 0.6) is 5.75 Å². The largest absolute Gasteiger partial charge is 0.494 e. The second kappa shape index (κ2) is 10.7. The van der Waals surface area contributed by atoms with Gasteiger partial charge in [0.1, 0.15) is 17.1 Å². The maximum atomic E-state index is 13.9. The van der Waals surface area contributed by atoms with Crippen molar-refractivity contribution in [3.63, 3.8) is 0 Å². The highest BCUT2D eigenvalue weighted by Gasteiger charge is 2.50. The van der Waals surface area contributed by atoms with Crippen LogP contribution in [0.2, 0.25) is 0 Å². The van der Waals surface area contributed by atoms with Gasteiger partial charge in [-0.25, -0.2) is 0 Å². The average molecular weight is 566 g/mol. The van der Waals surface area contributed by atoms with Gasteiger partial charge in [-0.3, -0.25) is 24.4 Å². The van der Waals surface area contributed by atoms with Gasteiger partial charge in [-0.2, -0.15) is 0 Å². The van der Waals surface area contributed by atoms with E-state index in [9.17, 15) is 14.4 Å². The van der Waals surface area contributed by atoms with Crippen LogP contribution in [0.3, 0.4) is 0 Å². The maximum absolute atomic E-state index is 13.9. The second-order valence-corrected chi connectivity index (χ2v) is 12.3. The van der Waals surface area contributed by atoms with Crippen molar-refractivity contribution in [2.75, 3.05) is 20.2 Å². The molecule has 1 N–H and O–H groups in total. The van der Waals surface area contributed by atoms with Crippen molar-refractivity contribution in [3.8, 4) is 17.0 Å². The summed E-state index contributed by atoms with van der Waals surface area (Å²) in [7, 11) is 1.59. The Bertz CT molecular complexity index is 1620. The first-order chi connectivity index (χ1) is 20.1. The van der Waals surface area contributed by atoms with E-state index in [0.29, 0.717) is 35.9 Å². The van der Waals surface area contributed by atoms with Crippen molar-refractivity contribution in [1.29, 1.82) is 0 Å². The molecule has 0 saturated carbocycles. The molecule has 2 fully saturated rings. The molecule has 9 heteroatoms. The second-order valence-electron chi connectivity index (χ2n) is 12.3. The van der Waals surface area contributed by atoms with Crippen LogP contribution in [0.25, 0.3) is 22.2 Å². The third kappa shape index (κ3) is 5.04. The minimum Gasteiger partial charge on any atom is -0.494 e. The van der Waals surface area contributed by atoms with Gasteiger partial charge in [-0.1, -0.05) is 39.0 Å². The zero-order valence-electron chi connectivity index (χ0n) is 24.3. The van der Waals surface area contributed by atoms with Gasteiger partial charge in [0, 0.05) is 48.4 Å². The number of aromatic nitrogens is 3. The number of pyridine rings is 2. The lowest BCUT2D eigenvalue weighted by atomic mass is 9.76. The number of piperazine rings is 1. The first-order valence-corrected chi connectivity index (χ1v) is 14.3. The number of para-hydroxylation sites is 1. The molecule has 3 aromatic heterocycles. The molecule has 6 rings (SSSR count). The Labute approximate surface area is 244 Å². The number of likely N-dealkylation sites (tertiary alicyclic amines) is 2. The van der Waals surface area contributed by atoms with Gasteiger partial charge in [0.2, 0.25) is 5.91 Å². The van der Waals surface area contributed by atoms with Crippen LogP contribution in [0.1, 0.15) is 54.6 Å². The number of H-pyrrole nitrogens is 1. The Morgan fingerprint density at radius 3 is 2.43 bits per heavy atom. The number of nitrogens with zero attached hydrogens (tertiary/aromatic N) is 4. The number of hydrogen-bond donors (Lipinski definition) is 1. The minimum atomic E-state index is -0.474. The van der Waals surface area contributed by atoms with Crippen LogP contribution >= 0.6 is 0 Å². The van der Waals surface area contributed by atoms with E-state index in [2.05, 4.69) is 15.0 Å². The highest BCUT2D eigenvalue weighted by atomic mass is 16.5. The van der Waals surface area contributed by atoms with E-state index in [4.69, 9.17) is 4.74 Å². The number of amides is 2. The fourth-order valence-corrected chi connectivity index (χ4v) is 6.25. The normalized spacial score (nSPS) is 18.9. The Balaban J connectivity index is 1.13. The molecule has 5 heterocycles. The molecule has 2 amide bonds. The van der Waals surface area contributed by atoms with Crippen molar-refractivity contribution in [2.45, 2.75) is 45.7 Å². The summed E-state index contributed by atoms with van der Waals surface area (Å²) >= 11 is 0. The number of carbonyl (C=O) groups excluding carboxylic acids is 3. The van der Waals surface area contributed by atoms with Crippen LogP contribution in [-0.2, 0) is 4.79 Å². The van der Waals surface area contributed by atoms with Gasteiger partial charge in [-0.05, 0) is 48.2 Å². The molecule has 2 saturated heterocycles. The summed E-state index contributed by atoms with van der Waals surface area (Å²) in [5, 5.41) is 0.974. The van der Waals surface area contributed by atoms with Gasteiger partial charge in [0.25, 0.3) is 5.91 Å². The number of ether oxygens (including phenoxy) is 1. The number of benzene rings is 1. The molecule has 1 aromatic carbocycles. The van der Waals surface area contributed by atoms with E-state index in [-0.39, 0.29) is 36.1 Å². The Kier molecular flexibility index (Phi) is 7.04. The molecule has 2 aliphatic heterocycles. The number of ketones is 1. The molecule has 216 valence electrons. The molecule has 2 bridgehead atoms. The zero-order chi connectivity index (χ0) is 29.6. The summed E-state index contributed by atoms with van der Waals surface area (Å²) in [6.07, 6.45) is 4.18. The maximum Gasteiger partial charge on any atom is 0.272 e. The van der Waals surface area contributed by atoms with Crippen molar-refractivity contribution < 1.29 is 19.1 Å². The molecule has 0 radical (unpaired) electrons. The van der Waals surface area contributed by atoms with Gasteiger partial charge in [0.15, 0.2) is 5.78 Å². The highest BCUT2D eigenvalue weighted by molar-refractivity contribution is 6.01. The summed E-state index contributed by atoms with van der Waals surface area (Å²) in [5.41, 5.74) is 2.81. The molecule has 42 heavy (non-hydrogen) atoms. The molecule has 4 aromatic rings. The van der Waals surface area contributed by atoms with Crippen LogP contribution in [0.4, 0.5) is 0 Å². The quantitative estimate of drug-likeness (QED) is 0.316. The summed E-state index contributed by atoms with van der Waals surface area (Å²) < 4.78 is 5.40. The fraction of sp³-hybridized carbons (Fsp3) is 0.364. The summed E-state index contributed by atoms with van der Waals surface area (Å²) in [5.74, 6) is -0.0680. The highest BCUT2D eigenvalue weighted by Crippen LogP contribution is 2.38. The summed E-state index contributed by atoms with van der Waals surface area (Å²) in [6, 6.07) is 16.6. The molecule has 2 aliphatic rings. The molecule has 9 nitrogen and oxygen atoms in total. The van der Waals surface area contributed by atoms with Crippen LogP contribution < -0.4 is 4.74 Å². The van der Waals surface area contributed by atoms with Gasteiger partial charge in [-0.15, -0.1) is 0 Å². The number of aromatic amines is 1. The van der Waals surface area contributed by atoms with Gasteiger partial charge >= 0.3 is 0 Å². The van der Waals surface area contributed by atoms with E-state index in [1.54, 1.807) is 31.6 Å². The lowest BCUT2D eigenvalue weighted by molar-refractivity contribution is -0.141. The van der Waals surface area contributed by atoms with Gasteiger partial charge < -0.3 is 19.5 Å². The standard InChI is InChI=1S/C33H35N5O4/c1-33(2,3)24(16-28(39)27-14-20-8-5-6-9-25(20)36-27)31(40)37-18-23-15-22(37)19-38(23)32(41)26-12-11-21(17-35-26)30-29(42-4)10-7-13-34-30/h5-14,17,22-24,36H,15-16,18-19H2,1-4H3/t22-,23-,24+/m0/s1. The molecular formula is C33H35N5O4. The summed E-state index contributed by atoms with van der Waals surface area (Å²) in [4.78, 5) is 56.4. The molecular weight excluding hydrogens is 530 g/mol. The zero-order valence-corrected chi connectivity index (χ0v) is 24.3. The van der Waals surface area contributed by atoms with Crippen molar-refractivity contribution in [1.82, 2.24) is 24.8 Å². The van der Waals surface area contributed by atoms with E-state index in [0.717, 1.165) is 22.9 Å². The smallest absolute Gasteiger partial charge is 0.272 e. The average Bonchev–Trinajstić information content (AvgIpc) is 3.73. The Morgan fingerprint density at radius 1 is 1.00 bits per heavy atom. The van der Waals surface area contributed by atoms with Crippen molar-refractivity contribution in [3.05, 3.63) is 78.4 Å². The predicted octanol–water partition coefficient (Wildman–Crippen LogP) is 4.99. The molecule has 0 spiro atoms. The number of methoxy groups -OCH3 is 1. The number of nitrogens with one attached hydrogen (secondary N) is 1. The third-order valence-electron chi connectivity index (χ3n) is 8.59. The summed E-state index contributed by atoms with van der Waals surface area (Å²) in [6.45, 7) is 6.95. The lowest BCUT2D eigenvalue weighted by Gasteiger charge is -2.39. The van der Waals surface area contributed by atoms with Crippen LogP contribution in [0, 0.1) is 11.3 Å². The minimum absolute atomic E-state index is 0.0154. The first-order valence-electron chi connectivity index (χ1n) is 14.3. The Morgan fingerprint density at radius 2 is 1.76 bits per heavy atom.